The van der Waals surface area contributed by atoms with E-state index in [1.807, 2.05) is 24.4 Å². The van der Waals surface area contributed by atoms with Crippen LogP contribution in [0.1, 0.15) is 80.5 Å². The molecule has 3 aromatic heterocycles. The van der Waals surface area contributed by atoms with Crippen molar-refractivity contribution < 1.29 is 14.0 Å². The number of rotatable bonds is 11. The third-order valence-electron chi connectivity index (χ3n) is 10.8. The number of halogens is 1. The number of nitrogens with zero attached hydrogens (tertiary/aromatic N) is 9. The first kappa shape index (κ1) is 36.4. The highest BCUT2D eigenvalue weighted by atomic mass is 19.1. The molecule has 5 heterocycles. The lowest BCUT2D eigenvalue weighted by atomic mass is 9.79. The van der Waals surface area contributed by atoms with E-state index in [0.717, 1.165) is 75.7 Å². The van der Waals surface area contributed by atoms with Crippen LogP contribution in [0.25, 0.3) is 5.69 Å². The molecule has 3 N–H and O–H groups in total. The lowest BCUT2D eigenvalue weighted by molar-refractivity contribution is -0.134. The van der Waals surface area contributed by atoms with Gasteiger partial charge in [-0.2, -0.15) is 10.5 Å². The summed E-state index contributed by atoms with van der Waals surface area (Å²) in [7, 11) is 0. The number of amides is 2. The van der Waals surface area contributed by atoms with E-state index in [1.54, 1.807) is 23.9 Å². The van der Waals surface area contributed by atoms with Gasteiger partial charge in [-0.05, 0) is 81.7 Å². The Kier molecular flexibility index (Phi) is 11.1. The Hall–Kier alpha value is -5.93. The second-order valence-corrected chi connectivity index (χ2v) is 14.4. The summed E-state index contributed by atoms with van der Waals surface area (Å²) < 4.78 is 16.2. The smallest absolute Gasteiger partial charge is 0.234 e. The maximum atomic E-state index is 14.5. The van der Waals surface area contributed by atoms with Gasteiger partial charge in [0.2, 0.25) is 11.8 Å². The molecular weight excluding hydrogens is 688 g/mol. The first-order chi connectivity index (χ1) is 26.3. The second kappa shape index (κ2) is 16.4. The van der Waals surface area contributed by atoms with Gasteiger partial charge in [0.25, 0.3) is 0 Å². The summed E-state index contributed by atoms with van der Waals surface area (Å²) >= 11 is 0. The number of piperidine rings is 1. The number of aromatic nitrogens is 5. The van der Waals surface area contributed by atoms with Crippen LogP contribution in [0.5, 0.6) is 0 Å². The number of hydrogen-bond acceptors (Lipinski definition) is 12. The molecule has 7 rings (SSSR count). The van der Waals surface area contributed by atoms with Crippen LogP contribution in [-0.2, 0) is 9.59 Å². The first-order valence-electron chi connectivity index (χ1n) is 18.6. The van der Waals surface area contributed by atoms with Gasteiger partial charge in [-0.25, -0.2) is 19.0 Å². The van der Waals surface area contributed by atoms with E-state index in [9.17, 15) is 19.2 Å². The summed E-state index contributed by atoms with van der Waals surface area (Å²) in [6.45, 7) is 6.80. The van der Waals surface area contributed by atoms with Crippen LogP contribution in [0.3, 0.4) is 0 Å². The number of carbonyl (C=O) groups excluding carboxylic acids is 2. The zero-order chi connectivity index (χ0) is 37.6. The third kappa shape index (κ3) is 8.48. The van der Waals surface area contributed by atoms with Crippen molar-refractivity contribution in [1.29, 1.82) is 10.5 Å². The fourth-order valence-corrected chi connectivity index (χ4v) is 7.64. The molecule has 4 aromatic rings. The molecule has 1 saturated carbocycles. The van der Waals surface area contributed by atoms with Crippen molar-refractivity contribution >= 4 is 34.8 Å². The van der Waals surface area contributed by atoms with Crippen molar-refractivity contribution in [2.24, 2.45) is 5.92 Å². The average Bonchev–Trinajstić information content (AvgIpc) is 3.69. The molecular formula is C39H43FN12O2. The second-order valence-electron chi connectivity index (χ2n) is 14.4. The van der Waals surface area contributed by atoms with E-state index in [-0.39, 0.29) is 29.1 Å². The Bertz CT molecular complexity index is 2060. The summed E-state index contributed by atoms with van der Waals surface area (Å²) in [5.41, 5.74) is 4.35. The summed E-state index contributed by atoms with van der Waals surface area (Å²) in [6, 6.07) is 14.5. The van der Waals surface area contributed by atoms with Gasteiger partial charge in [-0.15, -0.1) is 5.10 Å². The van der Waals surface area contributed by atoms with Gasteiger partial charge < -0.3 is 15.5 Å². The molecule has 54 heavy (non-hydrogen) atoms. The number of piperazine rings is 1. The number of carbonyl (C=O) groups is 2. The maximum Gasteiger partial charge on any atom is 0.234 e. The lowest BCUT2D eigenvalue weighted by Gasteiger charge is -2.37. The molecule has 1 unspecified atom stereocenters. The van der Waals surface area contributed by atoms with Crippen molar-refractivity contribution in [3.63, 3.8) is 0 Å². The van der Waals surface area contributed by atoms with Crippen molar-refractivity contribution in [3.8, 4) is 17.8 Å². The predicted octanol–water partition coefficient (Wildman–Crippen LogP) is 5.14. The molecule has 2 atom stereocenters. The number of hydrogen-bond donors (Lipinski definition) is 3. The zero-order valence-corrected chi connectivity index (χ0v) is 30.2. The Morgan fingerprint density at radius 1 is 1.00 bits per heavy atom. The molecule has 0 radical (unpaired) electrons. The Balaban J connectivity index is 0.888. The minimum absolute atomic E-state index is 0.0672. The molecule has 0 spiro atoms. The highest BCUT2D eigenvalue weighted by Gasteiger charge is 2.29. The van der Waals surface area contributed by atoms with E-state index in [1.165, 1.54) is 18.3 Å². The van der Waals surface area contributed by atoms with Crippen LogP contribution in [0, 0.1) is 34.4 Å². The van der Waals surface area contributed by atoms with Gasteiger partial charge in [0.15, 0.2) is 11.6 Å². The highest BCUT2D eigenvalue weighted by Crippen LogP contribution is 2.37. The summed E-state index contributed by atoms with van der Waals surface area (Å²) in [5.74, 6) is -0.0913. The first-order valence-corrected chi connectivity index (χ1v) is 18.6. The van der Waals surface area contributed by atoms with Crippen molar-refractivity contribution in [2.45, 2.75) is 69.7 Å². The van der Waals surface area contributed by atoms with Crippen molar-refractivity contribution in [1.82, 2.24) is 35.2 Å². The molecule has 0 bridgehead atoms. The Morgan fingerprint density at radius 3 is 2.48 bits per heavy atom. The van der Waals surface area contributed by atoms with Crippen LogP contribution in [0.4, 0.5) is 27.4 Å². The van der Waals surface area contributed by atoms with Crippen molar-refractivity contribution in [3.05, 3.63) is 77.6 Å². The quantitative estimate of drug-likeness (QED) is 0.173. The number of pyridine rings is 2. The fourth-order valence-electron chi connectivity index (χ4n) is 7.64. The average molecular weight is 731 g/mol. The van der Waals surface area contributed by atoms with Gasteiger partial charge in [0.05, 0.1) is 41.3 Å². The predicted molar refractivity (Wildman–Crippen MR) is 200 cm³/mol. The summed E-state index contributed by atoms with van der Waals surface area (Å²) in [6.07, 6.45) is 11.3. The normalized spacial score (nSPS) is 21.1. The summed E-state index contributed by atoms with van der Waals surface area (Å²) in [5, 5.41) is 35.9. The third-order valence-corrected chi connectivity index (χ3v) is 10.8. The molecule has 1 aromatic carbocycles. The van der Waals surface area contributed by atoms with Gasteiger partial charge in [-0.1, -0.05) is 17.3 Å². The number of benzene rings is 1. The minimum atomic E-state index is -0.678. The van der Waals surface area contributed by atoms with Crippen LogP contribution in [0.15, 0.2) is 55.0 Å². The highest BCUT2D eigenvalue weighted by molar-refractivity contribution is 6.00. The standard InChI is InChI=1S/C39H43FN12O2/c1-25(20-41)45-33-19-36(46-38-32(40)18-27(21-42)22-44-38)43-23-35(33)52-24-34(48-49-52)29-4-2-26(3-5-29)12-13-50-14-16-51(17-15-50)30-8-6-28(7-9-30)31-10-11-37(53)47-39(31)54/h6-9,18-19,22-26,29,31H,2-5,10-17H2,1H3,(H,47,53,54)(H2,43,44,45,46)/t25-,26?,29?,31?/m1/s1. The molecule has 278 valence electrons. The molecule has 2 amide bonds. The largest absolute Gasteiger partial charge is 0.369 e. The van der Waals surface area contributed by atoms with Crippen molar-refractivity contribution in [2.75, 3.05) is 48.3 Å². The molecule has 2 aliphatic heterocycles. The molecule has 1 aliphatic carbocycles. The molecule has 3 aliphatic rings. The topological polar surface area (TPSA) is 181 Å². The number of imide groups is 1. The van der Waals surface area contributed by atoms with Gasteiger partial charge >= 0.3 is 0 Å². The van der Waals surface area contributed by atoms with Gasteiger partial charge in [0.1, 0.15) is 23.6 Å². The van der Waals surface area contributed by atoms with E-state index in [0.29, 0.717) is 41.9 Å². The SMILES string of the molecule is C[C@H](C#N)Nc1cc(Nc2ncc(C#N)cc2F)ncc1-n1cc(C2CCC(CCN3CCN(c4ccc(C5CCC(=O)NC5=O)cc4)CC3)CC2)nn1. The minimum Gasteiger partial charge on any atom is -0.369 e. The van der Waals surface area contributed by atoms with Crippen LogP contribution in [0.2, 0.25) is 0 Å². The number of anilines is 4. The molecule has 14 nitrogen and oxygen atoms in total. The van der Waals surface area contributed by atoms with Crippen LogP contribution >= 0.6 is 0 Å². The zero-order valence-electron chi connectivity index (χ0n) is 30.2. The van der Waals surface area contributed by atoms with Gasteiger partial charge in [0, 0.05) is 56.5 Å². The number of nitrogens with one attached hydrogen (secondary N) is 3. The Morgan fingerprint density at radius 2 is 1.78 bits per heavy atom. The molecule has 3 fully saturated rings. The fraction of sp³-hybridized carbons (Fsp3) is 0.436. The van der Waals surface area contributed by atoms with E-state index in [4.69, 9.17) is 5.26 Å². The summed E-state index contributed by atoms with van der Waals surface area (Å²) in [4.78, 5) is 37.2. The van der Waals surface area contributed by atoms with E-state index >= 15 is 0 Å². The van der Waals surface area contributed by atoms with Gasteiger partial charge in [-0.3, -0.25) is 19.8 Å². The molecule has 2 saturated heterocycles. The van der Waals surface area contributed by atoms with E-state index in [2.05, 4.69) is 64.2 Å². The molecule has 15 heteroatoms. The lowest BCUT2D eigenvalue weighted by Crippen LogP contribution is -2.47. The van der Waals surface area contributed by atoms with Crippen LogP contribution < -0.4 is 20.9 Å². The monoisotopic (exact) mass is 730 g/mol. The maximum absolute atomic E-state index is 14.5. The van der Waals surface area contributed by atoms with E-state index < -0.39 is 11.9 Å². The Labute approximate surface area is 313 Å². The number of nitriles is 2. The van der Waals surface area contributed by atoms with Crippen LogP contribution in [-0.4, -0.2) is 80.4 Å².